The maximum absolute atomic E-state index is 12.4. The molecule has 1 amide bonds. The zero-order valence-corrected chi connectivity index (χ0v) is 27.6. The smallest absolute Gasteiger partial charge is 0.224 e. The van der Waals surface area contributed by atoms with Crippen LogP contribution in [0.3, 0.4) is 0 Å². The summed E-state index contributed by atoms with van der Waals surface area (Å²) in [4.78, 5) is 37.1. The van der Waals surface area contributed by atoms with E-state index in [0.717, 1.165) is 47.2 Å². The molecule has 1 heterocycles. The minimum absolute atomic E-state index is 0.00912. The molecule has 4 aliphatic rings. The van der Waals surface area contributed by atoms with Crippen molar-refractivity contribution in [3.8, 4) is 5.69 Å². The van der Waals surface area contributed by atoms with Gasteiger partial charge in [0.25, 0.3) is 0 Å². The lowest BCUT2D eigenvalue weighted by Gasteiger charge is -2.59. The molecule has 4 N–H and O–H groups in total. The summed E-state index contributed by atoms with van der Waals surface area (Å²) in [5, 5.41) is 44.0. The van der Waals surface area contributed by atoms with E-state index in [4.69, 9.17) is 11.6 Å². The first-order valence-corrected chi connectivity index (χ1v) is 16.6. The number of rotatable bonds is 5. The molecule has 7 atom stereocenters. The minimum atomic E-state index is -1.56. The Morgan fingerprint density at radius 2 is 1.81 bits per heavy atom. The lowest BCUT2D eigenvalue weighted by molar-refractivity contribution is -0.178. The molecule has 0 unspecified atom stereocenters. The summed E-state index contributed by atoms with van der Waals surface area (Å²) in [5.41, 5.74) is 1.49. The van der Waals surface area contributed by atoms with E-state index in [2.05, 4.69) is 22.4 Å². The van der Waals surface area contributed by atoms with Gasteiger partial charge in [0, 0.05) is 33.9 Å². The highest BCUT2D eigenvalue weighted by Gasteiger charge is 2.67. The number of hydrogen-bond donors (Lipinski definition) is 4. The number of benzene rings is 2. The van der Waals surface area contributed by atoms with Crippen molar-refractivity contribution in [2.24, 2.45) is 28.6 Å². The van der Waals surface area contributed by atoms with E-state index in [1.807, 2.05) is 50.3 Å². The summed E-state index contributed by atoms with van der Waals surface area (Å²) in [7, 11) is 0. The molecule has 1 aromatic heterocycles. The van der Waals surface area contributed by atoms with Crippen LogP contribution in [0.15, 0.2) is 66.3 Å². The van der Waals surface area contributed by atoms with E-state index in [0.29, 0.717) is 24.3 Å². The summed E-state index contributed by atoms with van der Waals surface area (Å²) >= 11 is 5.87. The Bertz CT molecular complexity index is 1790. The van der Waals surface area contributed by atoms with Crippen LogP contribution in [-0.4, -0.2) is 66.1 Å². The van der Waals surface area contributed by atoms with Gasteiger partial charge in [-0.25, -0.2) is 0 Å². The molecule has 0 radical (unpaired) electrons. The van der Waals surface area contributed by atoms with Gasteiger partial charge in [0.2, 0.25) is 5.91 Å². The summed E-state index contributed by atoms with van der Waals surface area (Å²) in [6.07, 6.45) is 8.12. The first-order chi connectivity index (χ1) is 22.3. The predicted molar refractivity (Wildman–Crippen MR) is 178 cm³/mol. The molecule has 11 heteroatoms. The Labute approximate surface area is 278 Å². The first-order valence-electron chi connectivity index (χ1n) is 16.2. The third-order valence-electron chi connectivity index (χ3n) is 11.3. The fourth-order valence-electron chi connectivity index (χ4n) is 8.85. The summed E-state index contributed by atoms with van der Waals surface area (Å²) < 4.78 is 0. The fraction of sp³-hybridized carbons (Fsp3) is 0.472. The lowest BCUT2D eigenvalue weighted by atomic mass is 9.46. The molecule has 0 saturated heterocycles. The molecular weight excluding hydrogens is 620 g/mol. The number of aromatic nitrogens is 3. The van der Waals surface area contributed by atoms with Crippen LogP contribution < -0.4 is 5.32 Å². The van der Waals surface area contributed by atoms with Crippen LogP contribution in [0.2, 0.25) is 5.02 Å². The molecule has 47 heavy (non-hydrogen) atoms. The van der Waals surface area contributed by atoms with Gasteiger partial charge in [-0.05, 0) is 98.6 Å². The number of amides is 1. The molecular formula is C36H41ClN4O6. The van der Waals surface area contributed by atoms with Crippen LogP contribution in [-0.2, 0) is 14.4 Å². The van der Waals surface area contributed by atoms with Crippen LogP contribution in [0.4, 0.5) is 5.69 Å². The summed E-state index contributed by atoms with van der Waals surface area (Å²) in [6.45, 7) is 5.15. The molecule has 0 spiro atoms. The Balaban J connectivity index is 0.000000168. The normalized spacial score (nSPS) is 32.4. The molecule has 0 aliphatic heterocycles. The van der Waals surface area contributed by atoms with Crippen molar-refractivity contribution >= 4 is 45.8 Å². The average molecular weight is 661 g/mol. The standard InChI is InChI=1S/C21H28O5.C15H13ClN4O/c1-19-7-5-13(23)9-12(19)3-4-14-15-6-8-21(26,17(25)11-22)20(15,2)10-16(24)18(14)19;1-2-15(21)17-11-5-8-13-14(9-11)19-20(18-13)12-6-3-10(16)4-7-12/h5,7,9,14-16,18,22,24,26H,3-4,6,8,10-11H2,1-2H3;3-9H,2H2,1H3,(H,17,21)/t14-,15-,16-,18+,19-,20-,21-;/m0./s1. The molecule has 0 bridgehead atoms. The van der Waals surface area contributed by atoms with Gasteiger partial charge in [-0.15, -0.1) is 10.2 Å². The van der Waals surface area contributed by atoms with Gasteiger partial charge in [0.05, 0.1) is 11.8 Å². The number of halogens is 1. The van der Waals surface area contributed by atoms with Gasteiger partial charge in [-0.1, -0.05) is 44.0 Å². The Kier molecular flexibility index (Phi) is 8.76. The summed E-state index contributed by atoms with van der Waals surface area (Å²) in [6, 6.07) is 12.7. The van der Waals surface area contributed by atoms with Gasteiger partial charge >= 0.3 is 0 Å². The van der Waals surface area contributed by atoms with Crippen molar-refractivity contribution in [1.82, 2.24) is 15.0 Å². The van der Waals surface area contributed by atoms with E-state index >= 15 is 0 Å². The molecule has 3 aromatic rings. The predicted octanol–water partition coefficient (Wildman–Crippen LogP) is 4.98. The van der Waals surface area contributed by atoms with Gasteiger partial charge in [0.1, 0.15) is 23.2 Å². The van der Waals surface area contributed by atoms with Crippen molar-refractivity contribution in [3.05, 3.63) is 71.3 Å². The number of aliphatic hydroxyl groups excluding tert-OH is 2. The fourth-order valence-corrected chi connectivity index (χ4v) is 8.98. The lowest BCUT2D eigenvalue weighted by Crippen LogP contribution is -2.61. The van der Waals surface area contributed by atoms with Crippen LogP contribution in [0.1, 0.15) is 59.3 Å². The topological polar surface area (TPSA) is 155 Å². The van der Waals surface area contributed by atoms with Gasteiger partial charge in [-0.3, -0.25) is 14.4 Å². The second-order valence-corrected chi connectivity index (χ2v) is 14.2. The Hall–Kier alpha value is -3.70. The highest BCUT2D eigenvalue weighted by molar-refractivity contribution is 6.30. The van der Waals surface area contributed by atoms with Crippen molar-refractivity contribution in [1.29, 1.82) is 0 Å². The number of anilines is 1. The Morgan fingerprint density at radius 3 is 2.51 bits per heavy atom. The maximum atomic E-state index is 12.4. The second kappa shape index (κ2) is 12.4. The third-order valence-corrected chi connectivity index (χ3v) is 11.5. The molecule has 7 rings (SSSR count). The van der Waals surface area contributed by atoms with Crippen LogP contribution in [0.25, 0.3) is 16.7 Å². The Morgan fingerprint density at radius 1 is 1.09 bits per heavy atom. The van der Waals surface area contributed by atoms with E-state index in [-0.39, 0.29) is 34.9 Å². The highest BCUT2D eigenvalue weighted by atomic mass is 35.5. The monoisotopic (exact) mass is 660 g/mol. The quantitative estimate of drug-likeness (QED) is 0.299. The van der Waals surface area contributed by atoms with Crippen molar-refractivity contribution < 1.29 is 29.7 Å². The van der Waals surface area contributed by atoms with Crippen molar-refractivity contribution in [2.45, 2.75) is 71.0 Å². The van der Waals surface area contributed by atoms with E-state index in [1.54, 1.807) is 29.1 Å². The van der Waals surface area contributed by atoms with E-state index in [9.17, 15) is 29.7 Å². The van der Waals surface area contributed by atoms with E-state index < -0.39 is 29.5 Å². The second-order valence-electron chi connectivity index (χ2n) is 13.8. The number of fused-ring (bicyclic) bond motifs is 6. The van der Waals surface area contributed by atoms with Crippen molar-refractivity contribution in [3.63, 3.8) is 0 Å². The molecule has 248 valence electrons. The number of nitrogens with one attached hydrogen (secondary N) is 1. The average Bonchev–Trinajstić information content (AvgIpc) is 3.59. The molecule has 3 saturated carbocycles. The SMILES string of the molecule is CCC(=O)Nc1ccc2nn(-c3ccc(Cl)cc3)nc2c1.C[C@]12C=CC(=O)C=C1CC[C@@H]1[C@@H]2[C@@H](O)C[C@@]2(C)[C@H]1CC[C@]2(O)C(=O)CO. The maximum Gasteiger partial charge on any atom is 0.224 e. The van der Waals surface area contributed by atoms with E-state index in [1.165, 1.54) is 0 Å². The third kappa shape index (κ3) is 5.65. The number of nitrogens with zero attached hydrogens (tertiary/aromatic N) is 3. The highest BCUT2D eigenvalue weighted by Crippen LogP contribution is 2.67. The number of hydrogen-bond acceptors (Lipinski definition) is 8. The number of carbonyl (C=O) groups is 3. The van der Waals surface area contributed by atoms with Gasteiger partial charge in [0.15, 0.2) is 11.6 Å². The molecule has 3 fully saturated rings. The minimum Gasteiger partial charge on any atom is -0.393 e. The molecule has 4 aliphatic carbocycles. The largest absolute Gasteiger partial charge is 0.393 e. The van der Waals surface area contributed by atoms with Crippen LogP contribution in [0.5, 0.6) is 0 Å². The number of aliphatic hydroxyl groups is 3. The number of carbonyl (C=O) groups excluding carboxylic acids is 3. The number of allylic oxidation sites excluding steroid dienone is 4. The van der Waals surface area contributed by atoms with Crippen LogP contribution >= 0.6 is 11.6 Å². The summed E-state index contributed by atoms with van der Waals surface area (Å²) in [5.74, 6) is -0.255. The number of Topliss-reactive ketones (excluding diaryl/α,β-unsaturated/α-hetero) is 1. The number of ketones is 2. The zero-order valence-electron chi connectivity index (χ0n) is 26.8. The van der Waals surface area contributed by atoms with Gasteiger partial charge in [-0.2, -0.15) is 4.80 Å². The first kappa shape index (κ1) is 33.2. The van der Waals surface area contributed by atoms with Crippen molar-refractivity contribution in [2.75, 3.05) is 11.9 Å². The molecule has 2 aromatic carbocycles. The molecule has 10 nitrogen and oxygen atoms in total. The van der Waals surface area contributed by atoms with Crippen LogP contribution in [0, 0.1) is 28.6 Å². The van der Waals surface area contributed by atoms with Gasteiger partial charge < -0.3 is 20.6 Å². The zero-order chi connectivity index (χ0) is 33.7.